The Balaban J connectivity index is 1.86. The van der Waals surface area contributed by atoms with Gasteiger partial charge in [0.15, 0.2) is 0 Å². The Labute approximate surface area is 132 Å². The van der Waals surface area contributed by atoms with E-state index in [0.717, 1.165) is 13.1 Å². The summed E-state index contributed by atoms with van der Waals surface area (Å²) in [6.45, 7) is 15.9. The van der Waals surface area contributed by atoms with Crippen LogP contribution < -0.4 is 5.32 Å². The van der Waals surface area contributed by atoms with E-state index in [2.05, 4.69) is 68.7 Å². The Hall–Kier alpha value is -0.0300. The molecule has 1 aliphatic heterocycles. The quantitative estimate of drug-likeness (QED) is 0.906. The second kappa shape index (κ2) is 6.39. The summed E-state index contributed by atoms with van der Waals surface area (Å²) in [5.74, 6) is 1.26. The van der Waals surface area contributed by atoms with Gasteiger partial charge in [-0.05, 0) is 46.8 Å². The highest BCUT2D eigenvalue weighted by Crippen LogP contribution is 2.31. The van der Waals surface area contributed by atoms with Crippen LogP contribution in [-0.4, -0.2) is 34.0 Å². The summed E-state index contributed by atoms with van der Waals surface area (Å²) in [5.41, 5.74) is 0.193. The van der Waals surface area contributed by atoms with Crippen molar-refractivity contribution in [2.45, 2.75) is 58.0 Å². The molecule has 0 aromatic carbocycles. The van der Waals surface area contributed by atoms with Crippen LogP contribution in [0.15, 0.2) is 12.1 Å². The van der Waals surface area contributed by atoms with Crippen LogP contribution in [0, 0.1) is 0 Å². The minimum absolute atomic E-state index is 0.193. The predicted molar refractivity (Wildman–Crippen MR) is 92.7 cm³/mol. The van der Waals surface area contributed by atoms with Crippen molar-refractivity contribution in [1.29, 1.82) is 0 Å². The first-order chi connectivity index (χ1) is 9.23. The van der Waals surface area contributed by atoms with E-state index in [4.69, 9.17) is 0 Å². The minimum Gasteiger partial charge on any atom is -0.307 e. The van der Waals surface area contributed by atoms with Crippen LogP contribution in [0.1, 0.15) is 44.4 Å². The van der Waals surface area contributed by atoms with E-state index < -0.39 is 0 Å². The van der Waals surface area contributed by atoms with Gasteiger partial charge in [-0.3, -0.25) is 4.90 Å². The molecule has 0 radical (unpaired) electrons. The summed E-state index contributed by atoms with van der Waals surface area (Å²) in [6.07, 6.45) is 0. The van der Waals surface area contributed by atoms with E-state index in [1.54, 1.807) is 0 Å². The average Bonchev–Trinajstić information content (AvgIpc) is 2.72. The Kier molecular flexibility index (Phi) is 5.22. The van der Waals surface area contributed by atoms with E-state index in [1.165, 1.54) is 28.6 Å². The molecule has 0 spiro atoms. The molecule has 1 aliphatic rings. The summed E-state index contributed by atoms with van der Waals surface area (Å²) in [5, 5.41) is 3.56. The van der Waals surface area contributed by atoms with Gasteiger partial charge in [0, 0.05) is 52.0 Å². The molecule has 0 saturated carbocycles. The SMILES string of the molecule is CC(C)(C)NCc1ccc(CN2CCSC(C)(C)C2)s1. The first-order valence-electron chi connectivity index (χ1n) is 7.42. The summed E-state index contributed by atoms with van der Waals surface area (Å²) in [4.78, 5) is 5.54. The molecule has 0 bridgehead atoms. The van der Waals surface area contributed by atoms with Crippen LogP contribution in [0.4, 0.5) is 0 Å². The maximum absolute atomic E-state index is 3.56. The fourth-order valence-corrected chi connectivity index (χ4v) is 4.60. The zero-order valence-corrected chi connectivity index (χ0v) is 15.1. The first-order valence-corrected chi connectivity index (χ1v) is 9.23. The van der Waals surface area contributed by atoms with Gasteiger partial charge in [0.1, 0.15) is 0 Å². The van der Waals surface area contributed by atoms with Crippen molar-refractivity contribution in [3.63, 3.8) is 0 Å². The highest BCUT2D eigenvalue weighted by atomic mass is 32.2. The van der Waals surface area contributed by atoms with Crippen molar-refractivity contribution < 1.29 is 0 Å². The summed E-state index contributed by atoms with van der Waals surface area (Å²) in [6, 6.07) is 4.58. The lowest BCUT2D eigenvalue weighted by atomic mass is 10.1. The maximum atomic E-state index is 3.56. The van der Waals surface area contributed by atoms with E-state index in [1.807, 2.05) is 11.3 Å². The number of thiophene rings is 1. The molecule has 0 aliphatic carbocycles. The number of hydrogen-bond acceptors (Lipinski definition) is 4. The normalized spacial score (nSPS) is 20.2. The number of nitrogens with one attached hydrogen (secondary N) is 1. The van der Waals surface area contributed by atoms with Gasteiger partial charge < -0.3 is 5.32 Å². The van der Waals surface area contributed by atoms with Gasteiger partial charge in [0.05, 0.1) is 0 Å². The van der Waals surface area contributed by atoms with Crippen molar-refractivity contribution in [2.75, 3.05) is 18.8 Å². The molecule has 0 unspecified atom stereocenters. The molecule has 1 fully saturated rings. The average molecular weight is 313 g/mol. The molecular formula is C16H28N2S2. The molecule has 0 atom stereocenters. The monoisotopic (exact) mass is 312 g/mol. The summed E-state index contributed by atoms with van der Waals surface area (Å²) < 4.78 is 0.409. The van der Waals surface area contributed by atoms with Gasteiger partial charge in [-0.15, -0.1) is 11.3 Å². The fraction of sp³-hybridized carbons (Fsp3) is 0.750. The fourth-order valence-electron chi connectivity index (χ4n) is 2.42. The number of hydrogen-bond donors (Lipinski definition) is 1. The highest BCUT2D eigenvalue weighted by molar-refractivity contribution is 8.00. The third-order valence-corrected chi connectivity index (χ3v) is 5.76. The van der Waals surface area contributed by atoms with Gasteiger partial charge in [-0.25, -0.2) is 0 Å². The van der Waals surface area contributed by atoms with Crippen molar-refractivity contribution in [2.24, 2.45) is 0 Å². The van der Waals surface area contributed by atoms with Crippen LogP contribution >= 0.6 is 23.1 Å². The van der Waals surface area contributed by atoms with Crippen LogP contribution in [-0.2, 0) is 13.1 Å². The van der Waals surface area contributed by atoms with E-state index in [-0.39, 0.29) is 5.54 Å². The molecule has 114 valence electrons. The maximum Gasteiger partial charge on any atom is 0.0328 e. The smallest absolute Gasteiger partial charge is 0.0328 e. The van der Waals surface area contributed by atoms with Gasteiger partial charge in [-0.2, -0.15) is 11.8 Å². The van der Waals surface area contributed by atoms with E-state index in [0.29, 0.717) is 4.75 Å². The third kappa shape index (κ3) is 5.40. The molecule has 1 saturated heterocycles. The van der Waals surface area contributed by atoms with Gasteiger partial charge >= 0.3 is 0 Å². The zero-order chi connectivity index (χ0) is 14.8. The van der Waals surface area contributed by atoms with Gasteiger partial charge in [-0.1, -0.05) is 0 Å². The Morgan fingerprint density at radius 2 is 1.95 bits per heavy atom. The van der Waals surface area contributed by atoms with Crippen LogP contribution in [0.25, 0.3) is 0 Å². The molecule has 4 heteroatoms. The standard InChI is InChI=1S/C16H28N2S2/c1-15(2,3)17-10-13-6-7-14(20-13)11-18-8-9-19-16(4,5)12-18/h6-7,17H,8-12H2,1-5H3. The molecule has 1 N–H and O–H groups in total. The lowest BCUT2D eigenvalue weighted by Crippen LogP contribution is -2.42. The second-order valence-corrected chi connectivity index (χ2v) is 10.3. The number of nitrogens with zero attached hydrogens (tertiary/aromatic N) is 1. The van der Waals surface area contributed by atoms with Gasteiger partial charge in [0.2, 0.25) is 0 Å². The van der Waals surface area contributed by atoms with Crippen LogP contribution in [0.3, 0.4) is 0 Å². The second-order valence-electron chi connectivity index (χ2n) is 7.29. The number of thioether (sulfide) groups is 1. The molecule has 20 heavy (non-hydrogen) atoms. The highest BCUT2D eigenvalue weighted by Gasteiger charge is 2.27. The minimum atomic E-state index is 0.193. The van der Waals surface area contributed by atoms with Crippen molar-refractivity contribution in [3.05, 3.63) is 21.9 Å². The predicted octanol–water partition coefficient (Wildman–Crippen LogP) is 3.96. The molecule has 0 amide bonds. The molecule has 2 heterocycles. The van der Waals surface area contributed by atoms with E-state index >= 15 is 0 Å². The Morgan fingerprint density at radius 3 is 2.60 bits per heavy atom. The topological polar surface area (TPSA) is 15.3 Å². The van der Waals surface area contributed by atoms with Crippen molar-refractivity contribution >= 4 is 23.1 Å². The summed E-state index contributed by atoms with van der Waals surface area (Å²) in [7, 11) is 0. The molecule has 2 nitrogen and oxygen atoms in total. The van der Waals surface area contributed by atoms with E-state index in [9.17, 15) is 0 Å². The van der Waals surface area contributed by atoms with Crippen LogP contribution in [0.2, 0.25) is 0 Å². The molecule has 1 aromatic heterocycles. The molecule has 1 aromatic rings. The van der Waals surface area contributed by atoms with Crippen LogP contribution in [0.5, 0.6) is 0 Å². The third-order valence-electron chi connectivity index (χ3n) is 3.39. The Bertz CT molecular complexity index is 432. The first kappa shape index (κ1) is 16.3. The summed E-state index contributed by atoms with van der Waals surface area (Å²) >= 11 is 4.06. The lowest BCUT2D eigenvalue weighted by Gasteiger charge is -2.37. The number of rotatable bonds is 4. The molecule has 2 rings (SSSR count). The Morgan fingerprint density at radius 1 is 1.25 bits per heavy atom. The molecular weight excluding hydrogens is 284 g/mol. The zero-order valence-electron chi connectivity index (χ0n) is 13.5. The van der Waals surface area contributed by atoms with Crippen molar-refractivity contribution in [1.82, 2.24) is 10.2 Å². The largest absolute Gasteiger partial charge is 0.307 e. The lowest BCUT2D eigenvalue weighted by molar-refractivity contribution is 0.254. The van der Waals surface area contributed by atoms with Gasteiger partial charge in [0.25, 0.3) is 0 Å². The van der Waals surface area contributed by atoms with Crippen molar-refractivity contribution in [3.8, 4) is 0 Å².